The number of rotatable bonds is 5. The number of hydrogen-bond donors (Lipinski definition) is 2. The molecule has 0 saturated heterocycles. The van der Waals surface area contributed by atoms with Crippen LogP contribution in [0.25, 0.3) is 0 Å². The summed E-state index contributed by atoms with van der Waals surface area (Å²) in [5, 5.41) is 29.9. The normalized spacial score (nSPS) is 14.4. The molecule has 0 saturated carbocycles. The van der Waals surface area contributed by atoms with Gasteiger partial charge in [0.05, 0.1) is 17.6 Å². The first-order valence-corrected chi connectivity index (χ1v) is 6.00. The summed E-state index contributed by atoms with van der Waals surface area (Å²) >= 11 is 1.17. The van der Waals surface area contributed by atoms with Gasteiger partial charge in [0, 0.05) is 24.0 Å². The smallest absolute Gasteiger partial charge is 0.304 e. The molecule has 7 heteroatoms. The van der Waals surface area contributed by atoms with Crippen molar-refractivity contribution in [1.82, 2.24) is 0 Å². The van der Waals surface area contributed by atoms with Crippen molar-refractivity contribution in [2.45, 2.75) is 26.0 Å². The number of nitro groups is 1. The van der Waals surface area contributed by atoms with Crippen molar-refractivity contribution < 1.29 is 15.1 Å². The van der Waals surface area contributed by atoms with Gasteiger partial charge in [-0.15, -0.1) is 11.3 Å². The van der Waals surface area contributed by atoms with Gasteiger partial charge >= 0.3 is 5.69 Å². The predicted molar refractivity (Wildman–Crippen MR) is 66.6 cm³/mol. The van der Waals surface area contributed by atoms with Gasteiger partial charge in [-0.05, 0) is 13.8 Å². The van der Waals surface area contributed by atoms with Crippen LogP contribution in [0.3, 0.4) is 0 Å². The Balaban J connectivity index is 3.16. The second kappa shape index (κ2) is 5.44. The van der Waals surface area contributed by atoms with Gasteiger partial charge in [0.1, 0.15) is 0 Å². The lowest BCUT2D eigenvalue weighted by molar-refractivity contribution is -0.383. The molecular formula is C10H16N2O4S. The van der Waals surface area contributed by atoms with Crippen molar-refractivity contribution in [1.29, 1.82) is 0 Å². The molecule has 6 nitrogen and oxygen atoms in total. The number of aliphatic hydroxyl groups excluding tert-OH is 2. The van der Waals surface area contributed by atoms with E-state index in [1.54, 1.807) is 25.8 Å². The van der Waals surface area contributed by atoms with Crippen LogP contribution in [-0.4, -0.2) is 34.8 Å². The van der Waals surface area contributed by atoms with Gasteiger partial charge in [-0.25, -0.2) is 0 Å². The van der Waals surface area contributed by atoms with Crippen LogP contribution < -0.4 is 4.90 Å². The summed E-state index contributed by atoms with van der Waals surface area (Å²) in [4.78, 5) is 12.6. The average Bonchev–Trinajstić information content (AvgIpc) is 2.71. The zero-order valence-electron chi connectivity index (χ0n) is 9.95. The summed E-state index contributed by atoms with van der Waals surface area (Å²) in [7, 11) is 1.69. The lowest BCUT2D eigenvalue weighted by atomic mass is 10.3. The summed E-state index contributed by atoms with van der Waals surface area (Å²) in [6, 6.07) is 1.17. The Kier molecular flexibility index (Phi) is 4.44. The van der Waals surface area contributed by atoms with Crippen LogP contribution in [0, 0.1) is 10.1 Å². The van der Waals surface area contributed by atoms with Crippen molar-refractivity contribution in [2.75, 3.05) is 18.6 Å². The second-order valence-electron chi connectivity index (χ2n) is 3.91. The highest BCUT2D eigenvalue weighted by Gasteiger charge is 2.25. The second-order valence-corrected chi connectivity index (χ2v) is 4.98. The van der Waals surface area contributed by atoms with Crippen LogP contribution in [0.1, 0.15) is 24.8 Å². The van der Waals surface area contributed by atoms with Crippen LogP contribution in [-0.2, 0) is 0 Å². The molecular weight excluding hydrogens is 244 g/mol. The molecule has 1 unspecified atom stereocenters. The predicted octanol–water partition coefficient (Wildman–Crippen LogP) is 1.53. The van der Waals surface area contributed by atoms with E-state index in [1.165, 1.54) is 17.4 Å². The molecule has 0 aliphatic heterocycles. The highest BCUT2D eigenvalue weighted by Crippen LogP contribution is 2.40. The first-order valence-electron chi connectivity index (χ1n) is 5.18. The molecule has 0 radical (unpaired) electrons. The van der Waals surface area contributed by atoms with Crippen molar-refractivity contribution >= 4 is 22.0 Å². The molecule has 0 aliphatic rings. The summed E-state index contributed by atoms with van der Waals surface area (Å²) in [6.45, 7) is 3.25. The minimum Gasteiger partial charge on any atom is -0.394 e. The van der Waals surface area contributed by atoms with E-state index in [0.717, 1.165) is 0 Å². The van der Waals surface area contributed by atoms with Crippen LogP contribution in [0.15, 0.2) is 6.07 Å². The molecule has 0 spiro atoms. The minimum absolute atomic E-state index is 0.0336. The largest absolute Gasteiger partial charge is 0.394 e. The van der Waals surface area contributed by atoms with Gasteiger partial charge in [-0.1, -0.05) is 0 Å². The van der Waals surface area contributed by atoms with Crippen molar-refractivity contribution in [3.63, 3.8) is 0 Å². The van der Waals surface area contributed by atoms with Crippen molar-refractivity contribution in [3.05, 3.63) is 21.1 Å². The standard InChI is InChI=1S/C10H16N2O4S/c1-6(5-13)11(3)10-8(12(15)16)4-9(17-10)7(2)14/h4,6-7,13-14H,5H2,1-3H3/t6?,7-/m0/s1. The van der Waals surface area contributed by atoms with E-state index in [0.29, 0.717) is 9.88 Å². The minimum atomic E-state index is -0.731. The summed E-state index contributed by atoms with van der Waals surface area (Å²) in [5.41, 5.74) is -0.0336. The fraction of sp³-hybridized carbons (Fsp3) is 0.600. The molecule has 0 fully saturated rings. The SMILES string of the molecule is CC(CO)N(C)c1sc([C@H](C)O)cc1[N+](=O)[O-]. The zero-order chi connectivity index (χ0) is 13.2. The molecule has 17 heavy (non-hydrogen) atoms. The molecule has 1 rings (SSSR count). The Hall–Kier alpha value is -1.18. The molecule has 0 aliphatic carbocycles. The Bertz CT molecular complexity index is 405. The van der Waals surface area contributed by atoms with E-state index in [9.17, 15) is 15.2 Å². The molecule has 1 heterocycles. The monoisotopic (exact) mass is 260 g/mol. The molecule has 1 aromatic heterocycles. The average molecular weight is 260 g/mol. The zero-order valence-corrected chi connectivity index (χ0v) is 10.8. The molecule has 0 amide bonds. The van der Waals surface area contributed by atoms with Crippen LogP contribution in [0.2, 0.25) is 0 Å². The Morgan fingerprint density at radius 2 is 2.18 bits per heavy atom. The van der Waals surface area contributed by atoms with E-state index in [1.807, 2.05) is 0 Å². The summed E-state index contributed by atoms with van der Waals surface area (Å²) in [5.74, 6) is 0. The van der Waals surface area contributed by atoms with E-state index >= 15 is 0 Å². The third kappa shape index (κ3) is 2.93. The number of aliphatic hydroxyl groups is 2. The maximum absolute atomic E-state index is 10.9. The van der Waals surface area contributed by atoms with Gasteiger partial charge < -0.3 is 15.1 Å². The molecule has 0 bridgehead atoms. The fourth-order valence-electron chi connectivity index (χ4n) is 1.30. The fourth-order valence-corrected chi connectivity index (χ4v) is 2.43. The first kappa shape index (κ1) is 13.9. The van der Waals surface area contributed by atoms with Crippen LogP contribution in [0.4, 0.5) is 10.7 Å². The Morgan fingerprint density at radius 1 is 1.59 bits per heavy atom. The molecule has 2 N–H and O–H groups in total. The summed E-state index contributed by atoms with van der Waals surface area (Å²) in [6.07, 6.45) is -0.731. The maximum atomic E-state index is 10.9. The molecule has 2 atom stereocenters. The Labute approximate surface area is 103 Å². The van der Waals surface area contributed by atoms with E-state index < -0.39 is 11.0 Å². The van der Waals surface area contributed by atoms with E-state index in [-0.39, 0.29) is 18.3 Å². The van der Waals surface area contributed by atoms with Crippen LogP contribution in [0.5, 0.6) is 0 Å². The van der Waals surface area contributed by atoms with Crippen molar-refractivity contribution in [3.8, 4) is 0 Å². The van der Waals surface area contributed by atoms with Gasteiger partial charge in [-0.2, -0.15) is 0 Å². The quantitative estimate of drug-likeness (QED) is 0.619. The molecule has 96 valence electrons. The molecule has 1 aromatic rings. The lowest BCUT2D eigenvalue weighted by Gasteiger charge is -2.22. The van der Waals surface area contributed by atoms with E-state index in [2.05, 4.69) is 0 Å². The number of nitrogens with zero attached hydrogens (tertiary/aromatic N) is 2. The summed E-state index contributed by atoms with van der Waals surface area (Å²) < 4.78 is 0. The van der Waals surface area contributed by atoms with Gasteiger partial charge in [-0.3, -0.25) is 10.1 Å². The lowest BCUT2D eigenvalue weighted by Crippen LogP contribution is -2.31. The van der Waals surface area contributed by atoms with Gasteiger partial charge in [0.2, 0.25) is 0 Å². The first-order chi connectivity index (χ1) is 7.88. The van der Waals surface area contributed by atoms with Crippen molar-refractivity contribution in [2.24, 2.45) is 0 Å². The maximum Gasteiger partial charge on any atom is 0.304 e. The van der Waals surface area contributed by atoms with Gasteiger partial charge in [0.25, 0.3) is 0 Å². The Morgan fingerprint density at radius 3 is 2.59 bits per heavy atom. The number of hydrogen-bond acceptors (Lipinski definition) is 6. The highest BCUT2D eigenvalue weighted by atomic mass is 32.1. The van der Waals surface area contributed by atoms with Gasteiger partial charge in [0.15, 0.2) is 5.00 Å². The number of anilines is 1. The number of thiophene rings is 1. The van der Waals surface area contributed by atoms with E-state index in [4.69, 9.17) is 5.11 Å². The third-order valence-corrected chi connectivity index (χ3v) is 3.95. The third-order valence-electron chi connectivity index (χ3n) is 2.57. The topological polar surface area (TPSA) is 86.8 Å². The highest BCUT2D eigenvalue weighted by molar-refractivity contribution is 7.16. The number of likely N-dealkylation sites (N-methyl/N-ethyl adjacent to an activating group) is 1. The molecule has 0 aromatic carbocycles. The van der Waals surface area contributed by atoms with Crippen LogP contribution >= 0.6 is 11.3 Å².